The predicted molar refractivity (Wildman–Crippen MR) is 94.2 cm³/mol. The average Bonchev–Trinajstić information content (AvgIpc) is 2.53. The second-order valence-electron chi connectivity index (χ2n) is 5.66. The van der Waals surface area contributed by atoms with Crippen LogP contribution in [0.5, 0.6) is 5.75 Å². The zero-order valence-corrected chi connectivity index (χ0v) is 13.9. The van der Waals surface area contributed by atoms with E-state index in [9.17, 15) is 4.79 Å². The number of ether oxygens (including phenoxy) is 1. The van der Waals surface area contributed by atoms with Crippen molar-refractivity contribution in [2.45, 2.75) is 20.3 Å². The second kappa shape index (κ2) is 6.43. The molecule has 116 valence electrons. The maximum Gasteiger partial charge on any atom is 0.315 e. The molecule has 0 unspecified atom stereocenters. The van der Waals surface area contributed by atoms with Crippen LogP contribution < -0.4 is 4.74 Å². The summed E-state index contributed by atoms with van der Waals surface area (Å²) in [5, 5.41) is 2.91. The van der Waals surface area contributed by atoms with Crippen molar-refractivity contribution in [3.63, 3.8) is 0 Å². The Bertz CT molecular complexity index is 855. The van der Waals surface area contributed by atoms with Crippen molar-refractivity contribution in [3.8, 4) is 5.75 Å². The average molecular weight is 325 g/mol. The Balaban J connectivity index is 1.82. The fourth-order valence-electron chi connectivity index (χ4n) is 2.73. The number of hydrogen-bond acceptors (Lipinski definition) is 2. The minimum Gasteiger partial charge on any atom is -0.426 e. The lowest BCUT2D eigenvalue weighted by Gasteiger charge is -2.10. The molecule has 23 heavy (non-hydrogen) atoms. The second-order valence-corrected chi connectivity index (χ2v) is 6.04. The minimum absolute atomic E-state index is 0.238. The Kier molecular flexibility index (Phi) is 4.35. The molecule has 0 spiro atoms. The lowest BCUT2D eigenvalue weighted by molar-refractivity contribution is -0.133. The number of hydrogen-bond donors (Lipinski definition) is 0. The van der Waals surface area contributed by atoms with Gasteiger partial charge in [0.05, 0.1) is 6.42 Å². The van der Waals surface area contributed by atoms with E-state index in [1.165, 1.54) is 0 Å². The van der Waals surface area contributed by atoms with E-state index in [1.54, 1.807) is 12.1 Å². The summed E-state index contributed by atoms with van der Waals surface area (Å²) in [5.41, 5.74) is 2.77. The normalized spacial score (nSPS) is 10.7. The molecule has 3 aromatic carbocycles. The quantitative estimate of drug-likeness (QED) is 0.485. The molecule has 3 rings (SSSR count). The van der Waals surface area contributed by atoms with Crippen molar-refractivity contribution in [1.29, 1.82) is 0 Å². The topological polar surface area (TPSA) is 26.3 Å². The Labute approximate surface area is 140 Å². The molecule has 0 saturated heterocycles. The third kappa shape index (κ3) is 3.38. The van der Waals surface area contributed by atoms with Gasteiger partial charge in [-0.1, -0.05) is 54.1 Å². The summed E-state index contributed by atoms with van der Waals surface area (Å²) >= 11 is 6.14. The molecule has 0 aromatic heterocycles. The van der Waals surface area contributed by atoms with Gasteiger partial charge < -0.3 is 4.74 Å². The zero-order valence-electron chi connectivity index (χ0n) is 13.1. The van der Waals surface area contributed by atoms with Crippen LogP contribution in [0.15, 0.2) is 54.6 Å². The molecule has 0 saturated carbocycles. The lowest BCUT2D eigenvalue weighted by Crippen LogP contribution is -2.11. The van der Waals surface area contributed by atoms with Crippen LogP contribution in [-0.4, -0.2) is 5.97 Å². The first-order valence-corrected chi connectivity index (χ1v) is 7.86. The number of esters is 1. The van der Waals surface area contributed by atoms with E-state index in [1.807, 2.05) is 56.3 Å². The Morgan fingerprint density at radius 3 is 2.39 bits per heavy atom. The molecular weight excluding hydrogens is 308 g/mol. The highest BCUT2D eigenvalue weighted by Crippen LogP contribution is 2.26. The van der Waals surface area contributed by atoms with Crippen LogP contribution in [0.1, 0.15) is 16.7 Å². The molecule has 0 atom stereocenters. The van der Waals surface area contributed by atoms with E-state index in [0.29, 0.717) is 10.8 Å². The van der Waals surface area contributed by atoms with Crippen molar-refractivity contribution < 1.29 is 9.53 Å². The summed E-state index contributed by atoms with van der Waals surface area (Å²) in [4.78, 5) is 12.3. The maximum atomic E-state index is 12.3. The molecular formula is C20H17ClO2. The molecule has 0 N–H and O–H groups in total. The summed E-state index contributed by atoms with van der Waals surface area (Å²) in [6.45, 7) is 3.80. The van der Waals surface area contributed by atoms with E-state index >= 15 is 0 Å². The zero-order chi connectivity index (χ0) is 16.4. The highest BCUT2D eigenvalue weighted by molar-refractivity contribution is 6.32. The summed E-state index contributed by atoms with van der Waals surface area (Å²) < 4.78 is 5.49. The van der Waals surface area contributed by atoms with Gasteiger partial charge in [-0.3, -0.25) is 4.79 Å². The van der Waals surface area contributed by atoms with Crippen LogP contribution in [0.4, 0.5) is 0 Å². The molecule has 0 amide bonds. The van der Waals surface area contributed by atoms with Gasteiger partial charge >= 0.3 is 5.97 Å². The van der Waals surface area contributed by atoms with Crippen molar-refractivity contribution in [1.82, 2.24) is 0 Å². The van der Waals surface area contributed by atoms with Crippen molar-refractivity contribution in [2.24, 2.45) is 0 Å². The Hall–Kier alpha value is -2.32. The first-order chi connectivity index (χ1) is 11.0. The van der Waals surface area contributed by atoms with Gasteiger partial charge in [0.2, 0.25) is 0 Å². The van der Waals surface area contributed by atoms with Gasteiger partial charge in [-0.15, -0.1) is 0 Å². The van der Waals surface area contributed by atoms with Crippen LogP contribution in [-0.2, 0) is 11.2 Å². The Morgan fingerprint density at radius 2 is 1.65 bits per heavy atom. The summed E-state index contributed by atoms with van der Waals surface area (Å²) in [6, 6.07) is 17.6. The molecule has 0 radical (unpaired) electrons. The number of benzene rings is 3. The van der Waals surface area contributed by atoms with Gasteiger partial charge in [0.25, 0.3) is 0 Å². The molecule has 3 heteroatoms. The van der Waals surface area contributed by atoms with E-state index in [-0.39, 0.29) is 12.4 Å². The van der Waals surface area contributed by atoms with Gasteiger partial charge in [-0.05, 0) is 53.4 Å². The van der Waals surface area contributed by atoms with Gasteiger partial charge in [0, 0.05) is 5.02 Å². The third-order valence-corrected chi connectivity index (χ3v) is 4.45. The molecule has 0 heterocycles. The molecule has 0 fully saturated rings. The highest BCUT2D eigenvalue weighted by Gasteiger charge is 2.11. The van der Waals surface area contributed by atoms with E-state index in [2.05, 4.69) is 0 Å². The standard InChI is InChI=1S/C20H17ClO2/c1-13-10-17(11-14(2)20(13)21)23-19(22)12-16-8-5-7-15-6-3-4-9-18(15)16/h3-11H,12H2,1-2H3. The summed E-state index contributed by atoms with van der Waals surface area (Å²) in [5.74, 6) is 0.261. The lowest BCUT2D eigenvalue weighted by atomic mass is 10.0. The Morgan fingerprint density at radius 1 is 1.00 bits per heavy atom. The monoisotopic (exact) mass is 324 g/mol. The molecule has 3 aromatic rings. The van der Waals surface area contributed by atoms with Crippen LogP contribution >= 0.6 is 11.6 Å². The molecule has 0 aliphatic rings. The minimum atomic E-state index is -0.275. The van der Waals surface area contributed by atoms with Gasteiger partial charge in [0.15, 0.2) is 0 Å². The van der Waals surface area contributed by atoms with E-state index < -0.39 is 0 Å². The number of carbonyl (C=O) groups is 1. The third-order valence-electron chi connectivity index (χ3n) is 3.86. The predicted octanol–water partition coefficient (Wildman–Crippen LogP) is 5.26. The molecule has 0 aliphatic heterocycles. The van der Waals surface area contributed by atoms with E-state index in [0.717, 1.165) is 27.5 Å². The highest BCUT2D eigenvalue weighted by atomic mass is 35.5. The fraction of sp³-hybridized carbons (Fsp3) is 0.150. The summed E-state index contributed by atoms with van der Waals surface area (Å²) in [7, 11) is 0. The van der Waals surface area contributed by atoms with Crippen LogP contribution in [0.3, 0.4) is 0 Å². The first-order valence-electron chi connectivity index (χ1n) is 7.48. The fourth-order valence-corrected chi connectivity index (χ4v) is 2.84. The largest absolute Gasteiger partial charge is 0.426 e. The first kappa shape index (κ1) is 15.6. The van der Waals surface area contributed by atoms with Crippen molar-refractivity contribution >= 4 is 28.3 Å². The van der Waals surface area contributed by atoms with Gasteiger partial charge in [-0.2, -0.15) is 0 Å². The van der Waals surface area contributed by atoms with Gasteiger partial charge in [-0.25, -0.2) is 0 Å². The number of rotatable bonds is 3. The number of aryl methyl sites for hydroxylation is 2. The van der Waals surface area contributed by atoms with Crippen LogP contribution in [0.25, 0.3) is 10.8 Å². The van der Waals surface area contributed by atoms with Crippen molar-refractivity contribution in [3.05, 3.63) is 76.3 Å². The van der Waals surface area contributed by atoms with Crippen LogP contribution in [0, 0.1) is 13.8 Å². The SMILES string of the molecule is Cc1cc(OC(=O)Cc2cccc3ccccc23)cc(C)c1Cl. The molecule has 2 nitrogen and oxygen atoms in total. The van der Waals surface area contributed by atoms with Crippen LogP contribution in [0.2, 0.25) is 5.02 Å². The maximum absolute atomic E-state index is 12.3. The smallest absolute Gasteiger partial charge is 0.315 e. The van der Waals surface area contributed by atoms with E-state index in [4.69, 9.17) is 16.3 Å². The van der Waals surface area contributed by atoms with Crippen molar-refractivity contribution in [2.75, 3.05) is 0 Å². The number of fused-ring (bicyclic) bond motifs is 1. The van der Waals surface area contributed by atoms with Gasteiger partial charge in [0.1, 0.15) is 5.75 Å². The number of carbonyl (C=O) groups excluding carboxylic acids is 1. The molecule has 0 bridgehead atoms. The number of halogens is 1. The molecule has 0 aliphatic carbocycles. The summed E-state index contributed by atoms with van der Waals surface area (Å²) in [6.07, 6.45) is 0.238.